The van der Waals surface area contributed by atoms with E-state index in [-0.39, 0.29) is 19.3 Å². The van der Waals surface area contributed by atoms with Crippen molar-refractivity contribution in [3.63, 3.8) is 0 Å². The lowest BCUT2D eigenvalue weighted by Crippen LogP contribution is -2.35. The van der Waals surface area contributed by atoms with Crippen LogP contribution in [0.15, 0.2) is 53.4 Å². The van der Waals surface area contributed by atoms with Gasteiger partial charge in [0.1, 0.15) is 0 Å². The van der Waals surface area contributed by atoms with Crippen LogP contribution in [0.25, 0.3) is 6.08 Å². The maximum Gasteiger partial charge on any atom is 0.331 e. The fourth-order valence-electron chi connectivity index (χ4n) is 3.19. The topological polar surface area (TPSA) is 65.1 Å². The van der Waals surface area contributed by atoms with Gasteiger partial charge in [-0.3, -0.25) is 4.79 Å². The normalized spacial score (nSPS) is 17.7. The Morgan fingerprint density at radius 1 is 1.21 bits per heavy atom. The van der Waals surface area contributed by atoms with E-state index >= 15 is 0 Å². The number of amides is 1. The first-order valence-electron chi connectivity index (χ1n) is 9.41. The third-order valence-corrected chi connectivity index (χ3v) is 5.93. The number of ether oxygens (including phenoxy) is 3. The van der Waals surface area contributed by atoms with Crippen LogP contribution in [-0.4, -0.2) is 37.1 Å². The molecule has 0 radical (unpaired) electrons. The first kappa shape index (κ1) is 19.4. The summed E-state index contributed by atoms with van der Waals surface area (Å²) in [6.07, 6.45) is 3.80. The van der Waals surface area contributed by atoms with Crippen LogP contribution in [0, 0.1) is 0 Å². The van der Waals surface area contributed by atoms with Gasteiger partial charge >= 0.3 is 5.97 Å². The molecule has 4 rings (SSSR count). The molecule has 2 heterocycles. The molecule has 1 unspecified atom stereocenters. The molecule has 0 saturated carbocycles. The quantitative estimate of drug-likeness (QED) is 0.562. The molecule has 2 aliphatic heterocycles. The maximum atomic E-state index is 12.7. The number of rotatable bonds is 4. The summed E-state index contributed by atoms with van der Waals surface area (Å²) in [6, 6.07) is 13.2. The summed E-state index contributed by atoms with van der Waals surface area (Å²) in [4.78, 5) is 27.6. The fourth-order valence-corrected chi connectivity index (χ4v) is 4.30. The number of carbonyl (C=O) groups is 2. The first-order chi connectivity index (χ1) is 14.1. The number of fused-ring (bicyclic) bond motifs is 2. The molecule has 7 heteroatoms. The van der Waals surface area contributed by atoms with Gasteiger partial charge in [-0.25, -0.2) is 4.79 Å². The number of thioether (sulfide) groups is 1. The highest BCUT2D eigenvalue weighted by molar-refractivity contribution is 8.00. The van der Waals surface area contributed by atoms with Crippen LogP contribution in [-0.2, 0) is 14.3 Å². The standard InChI is InChI=1S/C22H21NO5S/c1-15-10-11-23(17-4-2-3-5-20(17)29-15)21(24)13-26-22(25)9-7-16-6-8-18-19(12-16)28-14-27-18/h2-9,12,15H,10-11,13-14H2,1H3/b9-7+. The van der Waals surface area contributed by atoms with Crippen LogP contribution < -0.4 is 14.4 Å². The summed E-state index contributed by atoms with van der Waals surface area (Å²) >= 11 is 1.76. The van der Waals surface area contributed by atoms with Crippen LogP contribution in [0.2, 0.25) is 0 Å². The number of carbonyl (C=O) groups excluding carboxylic acids is 2. The minimum absolute atomic E-state index is 0.198. The van der Waals surface area contributed by atoms with Gasteiger partial charge in [0.15, 0.2) is 18.1 Å². The molecule has 0 aliphatic carbocycles. The van der Waals surface area contributed by atoms with Crippen molar-refractivity contribution < 1.29 is 23.8 Å². The molecule has 0 fully saturated rings. The highest BCUT2D eigenvalue weighted by atomic mass is 32.2. The summed E-state index contributed by atoms with van der Waals surface area (Å²) < 4.78 is 15.7. The molecule has 0 N–H and O–H groups in total. The molecule has 1 amide bonds. The maximum absolute atomic E-state index is 12.7. The monoisotopic (exact) mass is 411 g/mol. The van der Waals surface area contributed by atoms with E-state index < -0.39 is 5.97 Å². The molecular formula is C22H21NO5S. The number of hydrogen-bond acceptors (Lipinski definition) is 6. The molecule has 1 atom stereocenters. The molecular weight excluding hydrogens is 390 g/mol. The Labute approximate surface area is 173 Å². The third kappa shape index (κ3) is 4.56. The Morgan fingerprint density at radius 3 is 2.93 bits per heavy atom. The summed E-state index contributed by atoms with van der Waals surface area (Å²) in [5.74, 6) is 0.530. The lowest BCUT2D eigenvalue weighted by molar-refractivity contribution is -0.142. The van der Waals surface area contributed by atoms with Gasteiger partial charge in [-0.15, -0.1) is 11.8 Å². The van der Waals surface area contributed by atoms with Crippen LogP contribution in [0.5, 0.6) is 11.5 Å². The second kappa shape index (κ2) is 8.61. The van der Waals surface area contributed by atoms with Gasteiger partial charge in [-0.05, 0) is 42.3 Å². The number of nitrogens with zero attached hydrogens (tertiary/aromatic N) is 1. The number of anilines is 1. The van der Waals surface area contributed by atoms with Crippen molar-refractivity contribution >= 4 is 35.4 Å². The molecule has 2 aromatic carbocycles. The van der Waals surface area contributed by atoms with E-state index in [1.807, 2.05) is 30.3 Å². The molecule has 2 aliphatic rings. The Morgan fingerprint density at radius 2 is 2.03 bits per heavy atom. The summed E-state index contributed by atoms with van der Waals surface area (Å²) in [6.45, 7) is 2.66. The second-order valence-corrected chi connectivity index (χ2v) is 8.26. The fraction of sp³-hybridized carbons (Fsp3) is 0.273. The highest BCUT2D eigenvalue weighted by Crippen LogP contribution is 2.37. The third-order valence-electron chi connectivity index (χ3n) is 4.69. The summed E-state index contributed by atoms with van der Waals surface area (Å²) in [7, 11) is 0. The second-order valence-electron chi connectivity index (χ2n) is 6.78. The number of benzene rings is 2. The number of hydrogen-bond donors (Lipinski definition) is 0. The van der Waals surface area contributed by atoms with Gasteiger partial charge in [0.25, 0.3) is 5.91 Å². The van der Waals surface area contributed by atoms with Crippen LogP contribution in [0.4, 0.5) is 5.69 Å². The molecule has 2 aromatic rings. The zero-order valence-electron chi connectivity index (χ0n) is 16.0. The minimum atomic E-state index is -0.568. The van der Waals surface area contributed by atoms with Gasteiger partial charge in [0.05, 0.1) is 5.69 Å². The van der Waals surface area contributed by atoms with Crippen molar-refractivity contribution in [2.45, 2.75) is 23.5 Å². The van der Waals surface area contributed by atoms with Crippen molar-refractivity contribution in [1.29, 1.82) is 0 Å². The Kier molecular flexibility index (Phi) is 5.76. The van der Waals surface area contributed by atoms with Crippen molar-refractivity contribution in [3.8, 4) is 11.5 Å². The lowest BCUT2D eigenvalue weighted by atomic mass is 10.2. The van der Waals surface area contributed by atoms with E-state index in [9.17, 15) is 9.59 Å². The van der Waals surface area contributed by atoms with Crippen molar-refractivity contribution in [1.82, 2.24) is 0 Å². The molecule has 0 saturated heterocycles. The van der Waals surface area contributed by atoms with Crippen molar-refractivity contribution in [2.75, 3.05) is 24.8 Å². The van der Waals surface area contributed by atoms with E-state index in [0.29, 0.717) is 23.3 Å². The Hall–Kier alpha value is -2.93. The molecule has 29 heavy (non-hydrogen) atoms. The van der Waals surface area contributed by atoms with Gasteiger partial charge in [-0.2, -0.15) is 0 Å². The van der Waals surface area contributed by atoms with Crippen LogP contribution >= 0.6 is 11.8 Å². The zero-order valence-corrected chi connectivity index (χ0v) is 16.8. The summed E-state index contributed by atoms with van der Waals surface area (Å²) in [5.41, 5.74) is 1.66. The lowest BCUT2D eigenvalue weighted by Gasteiger charge is -2.22. The Balaban J connectivity index is 1.36. The van der Waals surface area contributed by atoms with Gasteiger partial charge in [0, 0.05) is 22.8 Å². The molecule has 0 aromatic heterocycles. The van der Waals surface area contributed by atoms with Gasteiger partial charge < -0.3 is 19.1 Å². The van der Waals surface area contributed by atoms with Gasteiger partial charge in [0.2, 0.25) is 6.79 Å². The predicted molar refractivity (Wildman–Crippen MR) is 111 cm³/mol. The average Bonchev–Trinajstić information content (AvgIpc) is 3.12. The van der Waals surface area contributed by atoms with E-state index in [0.717, 1.165) is 22.6 Å². The van der Waals surface area contributed by atoms with E-state index in [2.05, 4.69) is 6.92 Å². The van der Waals surface area contributed by atoms with E-state index in [1.165, 1.54) is 6.08 Å². The molecule has 150 valence electrons. The molecule has 6 nitrogen and oxygen atoms in total. The van der Waals surface area contributed by atoms with E-state index in [1.54, 1.807) is 34.9 Å². The van der Waals surface area contributed by atoms with Crippen LogP contribution in [0.3, 0.4) is 0 Å². The number of esters is 1. The molecule has 0 bridgehead atoms. The minimum Gasteiger partial charge on any atom is -0.454 e. The number of para-hydroxylation sites is 1. The zero-order chi connectivity index (χ0) is 20.2. The Bertz CT molecular complexity index is 958. The SMILES string of the molecule is CC1CCN(C(=O)COC(=O)/C=C/c2ccc3c(c2)OCO3)c2ccccc2S1. The van der Waals surface area contributed by atoms with E-state index in [4.69, 9.17) is 14.2 Å². The van der Waals surface area contributed by atoms with Gasteiger partial charge in [-0.1, -0.05) is 25.1 Å². The van der Waals surface area contributed by atoms with Crippen LogP contribution in [0.1, 0.15) is 18.9 Å². The first-order valence-corrected chi connectivity index (χ1v) is 10.3. The predicted octanol–water partition coefficient (Wildman–Crippen LogP) is 3.89. The average molecular weight is 411 g/mol. The van der Waals surface area contributed by atoms with Crippen molar-refractivity contribution in [2.24, 2.45) is 0 Å². The smallest absolute Gasteiger partial charge is 0.331 e. The molecule has 0 spiro atoms. The highest BCUT2D eigenvalue weighted by Gasteiger charge is 2.24. The largest absolute Gasteiger partial charge is 0.454 e. The summed E-state index contributed by atoms with van der Waals surface area (Å²) in [5, 5.41) is 0.418. The van der Waals surface area contributed by atoms with Crippen molar-refractivity contribution in [3.05, 3.63) is 54.1 Å².